The van der Waals surface area contributed by atoms with E-state index in [-0.39, 0.29) is 11.3 Å². The van der Waals surface area contributed by atoms with E-state index >= 15 is 0 Å². The number of benzene rings is 1. The number of carbonyl (C=O) groups excluding carboxylic acids is 1. The van der Waals surface area contributed by atoms with Crippen LogP contribution in [0.1, 0.15) is 45.8 Å². The number of hydrogen-bond acceptors (Lipinski definition) is 6. The first-order chi connectivity index (χ1) is 25.6. The number of ether oxygens (including phenoxy) is 2. The van der Waals surface area contributed by atoms with Gasteiger partial charge < -0.3 is 19.0 Å². The summed E-state index contributed by atoms with van der Waals surface area (Å²) in [4.78, 5) is 11.0. The molecule has 3 N–H and O–H groups in total. The summed E-state index contributed by atoms with van der Waals surface area (Å²) in [6.45, 7) is 4.31. The number of aliphatic hydroxyl groups is 1. The van der Waals surface area contributed by atoms with E-state index in [1.165, 1.54) is 82.8 Å². The third-order valence-electron chi connectivity index (χ3n) is 8.87. The topological polar surface area (TPSA) is 97.3 Å². The summed E-state index contributed by atoms with van der Waals surface area (Å²) in [6, 6.07) is 4.14. The number of halogens is 17. The molecule has 0 unspecified atom stereocenters. The van der Waals surface area contributed by atoms with Crippen molar-refractivity contribution in [3.05, 3.63) is 54.1 Å². The Hall–Kier alpha value is -3.16. The lowest BCUT2D eigenvalue weighted by atomic mass is 9.88. The van der Waals surface area contributed by atoms with Crippen LogP contribution in [-0.4, -0.2) is 98.6 Å². The van der Waals surface area contributed by atoms with Crippen LogP contribution in [0.2, 0.25) is 17.1 Å². The summed E-state index contributed by atoms with van der Waals surface area (Å²) in [5.41, 5.74) is -0.0943. The van der Waals surface area contributed by atoms with Crippen molar-refractivity contribution >= 4 is 14.2 Å². The average Bonchev–Trinajstić information content (AvgIpc) is 3.09. The number of rotatable bonds is 22. The molecule has 0 aliphatic heterocycles. The Kier molecular flexibility index (Phi) is 16.7. The molecule has 0 spiro atoms. The second-order valence-electron chi connectivity index (χ2n) is 13.0. The fourth-order valence-corrected chi connectivity index (χ4v) is 9.83. The summed E-state index contributed by atoms with van der Waals surface area (Å²) >= 11 is 0. The van der Waals surface area contributed by atoms with Gasteiger partial charge in [0.1, 0.15) is 24.6 Å². The van der Waals surface area contributed by atoms with Gasteiger partial charge in [-0.1, -0.05) is 58.1 Å². The lowest BCUT2D eigenvalue weighted by Gasteiger charge is -2.44. The maximum atomic E-state index is 14.8. The molecule has 0 aromatic heterocycles. The minimum atomic E-state index is -8.69. The van der Waals surface area contributed by atoms with Crippen LogP contribution in [0.25, 0.3) is 0 Å². The molecule has 0 heterocycles. The van der Waals surface area contributed by atoms with Crippen molar-refractivity contribution < 1.29 is 104 Å². The number of hydroxylamine groups is 1. The van der Waals surface area contributed by atoms with E-state index in [0.717, 1.165) is 6.08 Å². The van der Waals surface area contributed by atoms with Crippen LogP contribution >= 0.6 is 0 Å². The number of nitrogens with one attached hydrogen (secondary N) is 1. The number of alkyl halides is 17. The minimum Gasteiger partial charge on any atom is -0.491 e. The van der Waals surface area contributed by atoms with Gasteiger partial charge in [-0.25, -0.2) is 5.48 Å². The van der Waals surface area contributed by atoms with Crippen molar-refractivity contribution in [2.75, 3.05) is 20.3 Å². The van der Waals surface area contributed by atoms with Crippen LogP contribution in [0.15, 0.2) is 48.6 Å². The maximum Gasteiger partial charge on any atom is 0.460 e. The Labute approximate surface area is 314 Å². The molecule has 7 nitrogen and oxygen atoms in total. The quantitative estimate of drug-likeness (QED) is 0.0204. The van der Waals surface area contributed by atoms with E-state index < -0.39 is 111 Å². The smallest absolute Gasteiger partial charge is 0.460 e. The number of carbonyl (C=O) groups is 1. The van der Waals surface area contributed by atoms with Gasteiger partial charge in [0.15, 0.2) is 8.32 Å². The van der Waals surface area contributed by atoms with Crippen LogP contribution < -0.4 is 10.2 Å². The molecule has 2 atom stereocenters. The second-order valence-corrected chi connectivity index (χ2v) is 18.1. The van der Waals surface area contributed by atoms with E-state index in [4.69, 9.17) is 19.1 Å². The molecule has 1 amide bonds. The highest BCUT2D eigenvalue weighted by atomic mass is 28.4. The van der Waals surface area contributed by atoms with Gasteiger partial charge in [0.2, 0.25) is 0 Å². The van der Waals surface area contributed by atoms with E-state index in [1.807, 2.05) is 0 Å². The van der Waals surface area contributed by atoms with Crippen molar-refractivity contribution in [1.29, 1.82) is 0 Å². The van der Waals surface area contributed by atoms with Crippen molar-refractivity contribution in [2.45, 2.75) is 111 Å². The minimum absolute atomic E-state index is 0.114. The second kappa shape index (κ2) is 18.4. The fourth-order valence-electron chi connectivity index (χ4n) is 5.36. The van der Waals surface area contributed by atoms with Crippen LogP contribution in [-0.2, 0) is 14.0 Å². The molecule has 0 saturated carbocycles. The van der Waals surface area contributed by atoms with Gasteiger partial charge in [0.05, 0.1) is 6.61 Å². The Morgan fingerprint density at radius 1 is 0.719 bits per heavy atom. The number of hydrogen-bond donors (Lipinski definition) is 3. The summed E-state index contributed by atoms with van der Waals surface area (Å²) in [5.74, 6) is -57.5. The molecule has 57 heavy (non-hydrogen) atoms. The molecular weight excluding hydrogens is 845 g/mol. The molecule has 25 heteroatoms. The van der Waals surface area contributed by atoms with Crippen LogP contribution in [0.5, 0.6) is 5.75 Å². The lowest BCUT2D eigenvalue weighted by molar-refractivity contribution is -0.461. The molecule has 0 bridgehead atoms. The molecular formula is C32H38F17NO6Si. The normalized spacial score (nSPS) is 15.9. The third kappa shape index (κ3) is 10.2. The van der Waals surface area contributed by atoms with Gasteiger partial charge in [0.25, 0.3) is 5.91 Å². The average molecular weight is 884 g/mol. The molecule has 0 aliphatic rings. The third-order valence-corrected chi connectivity index (χ3v) is 14.6. The van der Waals surface area contributed by atoms with Crippen molar-refractivity contribution in [2.24, 2.45) is 0 Å². The molecule has 330 valence electrons. The zero-order valence-corrected chi connectivity index (χ0v) is 31.2. The van der Waals surface area contributed by atoms with Gasteiger partial charge >= 0.3 is 47.6 Å². The molecule has 0 fully saturated rings. The largest absolute Gasteiger partial charge is 0.491 e. The highest BCUT2D eigenvalue weighted by molar-refractivity contribution is 6.76. The zero-order valence-electron chi connectivity index (χ0n) is 30.2. The molecule has 1 aromatic rings. The van der Waals surface area contributed by atoms with Crippen molar-refractivity contribution in [3.63, 3.8) is 0 Å². The SMILES string of the molecule is CO[C@@H](/C=C/C=C/C(=O)NO)[C@@H](O)c1ccc(OCCO[Si](CCC(F)(F)C(F)(F)C(F)(F)C(F)(F)C(F)(F)C(F)(F)C(F)(F)C(F)(F)F)(C(C)C)C(C)C)cc1. The van der Waals surface area contributed by atoms with E-state index in [1.54, 1.807) is 0 Å². The Morgan fingerprint density at radius 3 is 1.60 bits per heavy atom. The summed E-state index contributed by atoms with van der Waals surface area (Å²) in [7, 11) is -2.70. The van der Waals surface area contributed by atoms with E-state index in [0.29, 0.717) is 0 Å². The van der Waals surface area contributed by atoms with Gasteiger partial charge in [-0.2, -0.15) is 74.6 Å². The van der Waals surface area contributed by atoms with Gasteiger partial charge in [0, 0.05) is 19.6 Å². The maximum absolute atomic E-state index is 14.8. The standard InChI is InChI=1S/C32H38F17NO6Si/c1-18(2)57(19(3)4,56-16-15-55-21-12-10-20(11-13-21)24(52)22(54-5)8-6-7-9-23(51)50-53)17-14-25(33,34)26(35,36)27(37,38)28(39,40)29(41,42)30(43,44)31(45,46)32(47,48)49/h6-13,18-19,22,24,52-53H,14-17H2,1-5H3,(H,50,51)/b8-6+,9-7+/t22-,24-/m0/s1. The summed E-state index contributed by atoms with van der Waals surface area (Å²) in [6.07, 6.45) is -7.68. The predicted octanol–water partition coefficient (Wildman–Crippen LogP) is 9.91. The summed E-state index contributed by atoms with van der Waals surface area (Å²) < 4.78 is 250. The number of methoxy groups -OCH3 is 1. The molecule has 1 rings (SSSR count). The predicted molar refractivity (Wildman–Crippen MR) is 168 cm³/mol. The Bertz CT molecular complexity index is 1510. The van der Waals surface area contributed by atoms with Crippen molar-refractivity contribution in [3.8, 4) is 5.75 Å². The van der Waals surface area contributed by atoms with E-state index in [2.05, 4.69) is 0 Å². The van der Waals surface area contributed by atoms with Crippen LogP contribution in [0.4, 0.5) is 74.6 Å². The number of aliphatic hydroxyl groups excluding tert-OH is 1. The highest BCUT2D eigenvalue weighted by Crippen LogP contribution is 2.64. The Morgan fingerprint density at radius 2 is 1.18 bits per heavy atom. The molecule has 1 aromatic carbocycles. The first-order valence-electron chi connectivity index (χ1n) is 16.2. The zero-order chi connectivity index (χ0) is 44.9. The van der Waals surface area contributed by atoms with Crippen molar-refractivity contribution in [1.82, 2.24) is 5.48 Å². The molecule has 0 radical (unpaired) electrons. The summed E-state index contributed by atoms with van der Waals surface area (Å²) in [5, 5.41) is 19.1. The van der Waals surface area contributed by atoms with Crippen LogP contribution in [0, 0.1) is 0 Å². The first-order valence-corrected chi connectivity index (χ1v) is 18.5. The van der Waals surface area contributed by atoms with Gasteiger partial charge in [-0.05, 0) is 34.8 Å². The lowest BCUT2D eigenvalue weighted by Crippen LogP contribution is -2.74. The number of allylic oxidation sites excluding steroid dienone is 2. The van der Waals surface area contributed by atoms with Gasteiger partial charge in [-0.3, -0.25) is 10.0 Å². The first kappa shape index (κ1) is 51.9. The molecule has 0 saturated heterocycles. The number of amides is 1. The van der Waals surface area contributed by atoms with Gasteiger partial charge in [-0.15, -0.1) is 0 Å². The molecule has 0 aliphatic carbocycles. The highest BCUT2D eigenvalue weighted by Gasteiger charge is 2.95. The van der Waals surface area contributed by atoms with E-state index in [9.17, 15) is 84.5 Å². The van der Waals surface area contributed by atoms with Crippen LogP contribution in [0.3, 0.4) is 0 Å². The monoisotopic (exact) mass is 883 g/mol. The fraction of sp³-hybridized carbons (Fsp3) is 0.656. The Balaban J connectivity index is 3.21.